The van der Waals surface area contributed by atoms with Crippen molar-refractivity contribution in [1.29, 1.82) is 0 Å². The number of Topliss-reactive ketones (excluding diaryl/α,β-unsaturated/α-hetero) is 1. The van der Waals surface area contributed by atoms with E-state index in [1.54, 1.807) is 6.20 Å². The summed E-state index contributed by atoms with van der Waals surface area (Å²) >= 11 is 0. The average molecular weight is 193 g/mol. The minimum absolute atomic E-state index is 0.0408. The molecule has 0 aliphatic heterocycles. The molecule has 14 heavy (non-hydrogen) atoms. The second-order valence-corrected chi connectivity index (χ2v) is 3.16. The quantitative estimate of drug-likeness (QED) is 0.706. The zero-order valence-corrected chi connectivity index (χ0v) is 8.53. The highest BCUT2D eigenvalue weighted by Gasteiger charge is 2.15. The molecule has 0 bridgehead atoms. The maximum Gasteiger partial charge on any atom is 0.186 e. The maximum atomic E-state index is 11.7. The fraction of sp³-hybridized carbons (Fsp3) is 0.500. The van der Waals surface area contributed by atoms with E-state index in [1.165, 1.54) is 12.4 Å². The first-order chi connectivity index (χ1) is 6.75. The number of carbonyl (C=O) groups excluding carboxylic acids is 1. The van der Waals surface area contributed by atoms with Crippen LogP contribution < -0.4 is 5.32 Å². The molecule has 4 nitrogen and oxygen atoms in total. The maximum absolute atomic E-state index is 11.7. The van der Waals surface area contributed by atoms with Crippen molar-refractivity contribution in [3.8, 4) is 0 Å². The summed E-state index contributed by atoms with van der Waals surface area (Å²) in [6.07, 6.45) is 4.60. The molecule has 0 saturated heterocycles. The third-order valence-corrected chi connectivity index (χ3v) is 1.96. The second-order valence-electron chi connectivity index (χ2n) is 3.16. The van der Waals surface area contributed by atoms with Crippen LogP contribution in [-0.4, -0.2) is 28.8 Å². The Balaban J connectivity index is 2.57. The van der Waals surface area contributed by atoms with Crippen LogP contribution >= 0.6 is 0 Å². The molecule has 4 heteroatoms. The largest absolute Gasteiger partial charge is 0.316 e. The van der Waals surface area contributed by atoms with Gasteiger partial charge in [0.05, 0.1) is 6.20 Å². The van der Waals surface area contributed by atoms with Gasteiger partial charge in [0.1, 0.15) is 5.69 Å². The molecule has 0 aromatic carbocycles. The Hall–Kier alpha value is -1.29. The van der Waals surface area contributed by atoms with E-state index in [4.69, 9.17) is 0 Å². The smallest absolute Gasteiger partial charge is 0.186 e. The van der Waals surface area contributed by atoms with Crippen LogP contribution in [0.25, 0.3) is 0 Å². The summed E-state index contributed by atoms with van der Waals surface area (Å²) in [5, 5.41) is 3.13. The van der Waals surface area contributed by atoms with Gasteiger partial charge in [0.25, 0.3) is 0 Å². The molecule has 1 rings (SSSR count). The average Bonchev–Trinajstić information content (AvgIpc) is 2.26. The standard InChI is InChI=1S/C10H15N3O/c1-3-11-6-8(2)10(14)9-7-12-4-5-13-9/h4-5,7-8,11H,3,6H2,1-2H3. The highest BCUT2D eigenvalue weighted by Crippen LogP contribution is 2.03. The Morgan fingerprint density at radius 3 is 2.93 bits per heavy atom. The molecule has 1 unspecified atom stereocenters. The molecule has 0 aliphatic carbocycles. The van der Waals surface area contributed by atoms with Gasteiger partial charge >= 0.3 is 0 Å². The summed E-state index contributed by atoms with van der Waals surface area (Å²) in [4.78, 5) is 19.5. The molecule has 0 fully saturated rings. The van der Waals surface area contributed by atoms with Gasteiger partial charge in [0, 0.05) is 24.9 Å². The van der Waals surface area contributed by atoms with Gasteiger partial charge in [-0.05, 0) is 6.54 Å². The fourth-order valence-electron chi connectivity index (χ4n) is 1.13. The van der Waals surface area contributed by atoms with Gasteiger partial charge in [0.15, 0.2) is 5.78 Å². The minimum atomic E-state index is -0.0494. The van der Waals surface area contributed by atoms with Crippen molar-refractivity contribution < 1.29 is 4.79 Å². The normalized spacial score (nSPS) is 12.4. The molecular formula is C10H15N3O. The van der Waals surface area contributed by atoms with E-state index in [0.717, 1.165) is 6.54 Å². The monoisotopic (exact) mass is 193 g/mol. The van der Waals surface area contributed by atoms with E-state index in [1.807, 2.05) is 13.8 Å². The molecule has 0 aliphatic rings. The number of rotatable bonds is 5. The molecule has 1 aromatic rings. The molecule has 1 heterocycles. The number of hydrogen-bond donors (Lipinski definition) is 1. The van der Waals surface area contributed by atoms with Gasteiger partial charge < -0.3 is 5.32 Å². The summed E-state index contributed by atoms with van der Waals surface area (Å²) in [5.41, 5.74) is 0.443. The first-order valence-electron chi connectivity index (χ1n) is 4.76. The van der Waals surface area contributed by atoms with Crippen molar-refractivity contribution >= 4 is 5.78 Å². The molecule has 1 aromatic heterocycles. The summed E-state index contributed by atoms with van der Waals surface area (Å²) in [6.45, 7) is 5.46. The van der Waals surface area contributed by atoms with E-state index in [9.17, 15) is 4.79 Å². The first kappa shape index (κ1) is 10.8. The molecule has 0 spiro atoms. The molecular weight excluding hydrogens is 178 g/mol. The number of aromatic nitrogens is 2. The third kappa shape index (κ3) is 2.88. The second kappa shape index (κ2) is 5.44. The van der Waals surface area contributed by atoms with E-state index in [-0.39, 0.29) is 11.7 Å². The third-order valence-electron chi connectivity index (χ3n) is 1.96. The lowest BCUT2D eigenvalue weighted by Crippen LogP contribution is -2.26. The topological polar surface area (TPSA) is 54.9 Å². The van der Waals surface area contributed by atoms with Crippen molar-refractivity contribution in [2.24, 2.45) is 5.92 Å². The predicted molar refractivity (Wildman–Crippen MR) is 54.1 cm³/mol. The molecule has 1 atom stereocenters. The fourth-order valence-corrected chi connectivity index (χ4v) is 1.13. The van der Waals surface area contributed by atoms with Gasteiger partial charge in [-0.2, -0.15) is 0 Å². The summed E-state index contributed by atoms with van der Waals surface area (Å²) in [6, 6.07) is 0. The van der Waals surface area contributed by atoms with Gasteiger partial charge in [-0.3, -0.25) is 9.78 Å². The van der Waals surface area contributed by atoms with Crippen LogP contribution in [0.2, 0.25) is 0 Å². The number of hydrogen-bond acceptors (Lipinski definition) is 4. The SMILES string of the molecule is CCNCC(C)C(=O)c1cnccn1. The Morgan fingerprint density at radius 2 is 2.36 bits per heavy atom. The van der Waals surface area contributed by atoms with Crippen LogP contribution in [0.5, 0.6) is 0 Å². The van der Waals surface area contributed by atoms with Gasteiger partial charge in [-0.15, -0.1) is 0 Å². The molecule has 0 radical (unpaired) electrons. The molecule has 0 amide bonds. The van der Waals surface area contributed by atoms with Crippen LogP contribution in [0.4, 0.5) is 0 Å². The van der Waals surface area contributed by atoms with Crippen LogP contribution in [0.1, 0.15) is 24.3 Å². The lowest BCUT2D eigenvalue weighted by Gasteiger charge is -2.09. The number of nitrogens with one attached hydrogen (secondary N) is 1. The summed E-state index contributed by atoms with van der Waals surface area (Å²) in [7, 11) is 0. The van der Waals surface area contributed by atoms with Crippen LogP contribution in [-0.2, 0) is 0 Å². The summed E-state index contributed by atoms with van der Waals surface area (Å²) < 4.78 is 0. The van der Waals surface area contributed by atoms with E-state index in [0.29, 0.717) is 12.2 Å². The van der Waals surface area contributed by atoms with Crippen LogP contribution in [0.3, 0.4) is 0 Å². The number of nitrogens with zero attached hydrogens (tertiary/aromatic N) is 2. The van der Waals surface area contributed by atoms with Crippen LogP contribution in [0, 0.1) is 5.92 Å². The highest BCUT2D eigenvalue weighted by atomic mass is 16.1. The molecule has 0 saturated carbocycles. The Bertz CT molecular complexity index is 287. The lowest BCUT2D eigenvalue weighted by molar-refractivity contribution is 0.0924. The van der Waals surface area contributed by atoms with Gasteiger partial charge in [-0.25, -0.2) is 4.98 Å². The van der Waals surface area contributed by atoms with Crippen LogP contribution in [0.15, 0.2) is 18.6 Å². The highest BCUT2D eigenvalue weighted by molar-refractivity contribution is 5.95. The van der Waals surface area contributed by atoms with Crippen molar-refractivity contribution in [3.05, 3.63) is 24.3 Å². The van der Waals surface area contributed by atoms with E-state index < -0.39 is 0 Å². The van der Waals surface area contributed by atoms with Crippen molar-refractivity contribution in [2.45, 2.75) is 13.8 Å². The van der Waals surface area contributed by atoms with Crippen molar-refractivity contribution in [2.75, 3.05) is 13.1 Å². The first-order valence-corrected chi connectivity index (χ1v) is 4.76. The predicted octanol–water partition coefficient (Wildman–Crippen LogP) is 0.905. The zero-order chi connectivity index (χ0) is 10.4. The summed E-state index contributed by atoms with van der Waals surface area (Å²) in [5.74, 6) is -0.00861. The zero-order valence-electron chi connectivity index (χ0n) is 8.53. The van der Waals surface area contributed by atoms with Crippen molar-refractivity contribution in [3.63, 3.8) is 0 Å². The Morgan fingerprint density at radius 1 is 1.57 bits per heavy atom. The van der Waals surface area contributed by atoms with E-state index in [2.05, 4.69) is 15.3 Å². The number of carbonyl (C=O) groups is 1. The van der Waals surface area contributed by atoms with Gasteiger partial charge in [0.2, 0.25) is 0 Å². The minimum Gasteiger partial charge on any atom is -0.316 e. The van der Waals surface area contributed by atoms with Gasteiger partial charge in [-0.1, -0.05) is 13.8 Å². The Kier molecular flexibility index (Phi) is 4.19. The Labute approximate surface area is 83.8 Å². The molecule has 76 valence electrons. The number of ketones is 1. The lowest BCUT2D eigenvalue weighted by atomic mass is 10.0. The molecule has 1 N–H and O–H groups in total. The van der Waals surface area contributed by atoms with E-state index >= 15 is 0 Å². The van der Waals surface area contributed by atoms with Crippen molar-refractivity contribution in [1.82, 2.24) is 15.3 Å².